The van der Waals surface area contributed by atoms with Crippen LogP contribution in [0.4, 0.5) is 5.69 Å². The number of aromatic amines is 1. The van der Waals surface area contributed by atoms with Crippen molar-refractivity contribution >= 4 is 28.4 Å². The predicted molar refractivity (Wildman–Crippen MR) is 105 cm³/mol. The predicted octanol–water partition coefficient (Wildman–Crippen LogP) is 3.36. The summed E-state index contributed by atoms with van der Waals surface area (Å²) < 4.78 is 0. The minimum Gasteiger partial charge on any atom is -0.338 e. The molecule has 27 heavy (non-hydrogen) atoms. The van der Waals surface area contributed by atoms with Crippen LogP contribution in [-0.2, 0) is 4.79 Å². The van der Waals surface area contributed by atoms with Gasteiger partial charge < -0.3 is 10.2 Å². The van der Waals surface area contributed by atoms with Gasteiger partial charge in [0.25, 0.3) is 5.91 Å². The van der Waals surface area contributed by atoms with Gasteiger partial charge in [0.05, 0.1) is 17.6 Å². The Hall–Kier alpha value is -3.15. The quantitative estimate of drug-likeness (QED) is 0.750. The van der Waals surface area contributed by atoms with Crippen LogP contribution in [0.5, 0.6) is 0 Å². The first-order chi connectivity index (χ1) is 13.1. The zero-order valence-electron chi connectivity index (χ0n) is 15.2. The number of hydrogen-bond acceptors (Lipinski definition) is 3. The first-order valence-electron chi connectivity index (χ1n) is 9.20. The highest BCUT2D eigenvalue weighted by Crippen LogP contribution is 2.22. The van der Waals surface area contributed by atoms with Crippen LogP contribution >= 0.6 is 0 Å². The van der Waals surface area contributed by atoms with Crippen molar-refractivity contribution in [1.29, 1.82) is 0 Å². The highest BCUT2D eigenvalue weighted by Gasteiger charge is 2.29. The first-order valence-corrected chi connectivity index (χ1v) is 9.20. The number of benzene rings is 2. The number of carbonyl (C=O) groups excluding carboxylic acids is 2. The van der Waals surface area contributed by atoms with Crippen LogP contribution in [0.1, 0.15) is 28.8 Å². The molecule has 1 aromatic heterocycles. The zero-order chi connectivity index (χ0) is 18.8. The standard InChI is InChI=1S/C21H22N4O2/c1-14-4-6-15(7-5-14)21(27)25-10-2-3-16(13-25)20(26)23-18-8-9-19-17(11-18)12-22-24-19/h4-9,11-12,16H,2-3,10,13H2,1H3,(H,22,24)(H,23,26). The minimum atomic E-state index is -0.201. The molecule has 0 radical (unpaired) electrons. The maximum atomic E-state index is 12.7. The fraction of sp³-hybridized carbons (Fsp3) is 0.286. The van der Waals surface area contributed by atoms with Crippen LogP contribution < -0.4 is 5.32 Å². The van der Waals surface area contributed by atoms with Gasteiger partial charge in [0.2, 0.25) is 5.91 Å². The van der Waals surface area contributed by atoms with Gasteiger partial charge in [-0.15, -0.1) is 0 Å². The lowest BCUT2D eigenvalue weighted by atomic mass is 9.96. The maximum Gasteiger partial charge on any atom is 0.253 e. The van der Waals surface area contributed by atoms with Crippen LogP contribution in [0.3, 0.4) is 0 Å². The fourth-order valence-electron chi connectivity index (χ4n) is 3.52. The molecule has 2 aromatic carbocycles. The molecule has 6 nitrogen and oxygen atoms in total. The van der Waals surface area contributed by atoms with Crippen molar-refractivity contribution in [2.24, 2.45) is 5.92 Å². The Kier molecular flexibility index (Phi) is 4.62. The van der Waals surface area contributed by atoms with Gasteiger partial charge >= 0.3 is 0 Å². The third kappa shape index (κ3) is 3.69. The lowest BCUT2D eigenvalue weighted by Gasteiger charge is -2.32. The Morgan fingerprint density at radius 3 is 2.81 bits per heavy atom. The van der Waals surface area contributed by atoms with E-state index in [0.29, 0.717) is 18.7 Å². The fourth-order valence-corrected chi connectivity index (χ4v) is 3.52. The van der Waals surface area contributed by atoms with Crippen molar-refractivity contribution in [3.63, 3.8) is 0 Å². The van der Waals surface area contributed by atoms with Gasteiger partial charge in [-0.1, -0.05) is 17.7 Å². The number of amides is 2. The van der Waals surface area contributed by atoms with Crippen LogP contribution in [0, 0.1) is 12.8 Å². The van der Waals surface area contributed by atoms with Crippen LogP contribution in [0.25, 0.3) is 10.9 Å². The van der Waals surface area contributed by atoms with E-state index in [1.54, 1.807) is 11.1 Å². The minimum absolute atomic E-state index is 0.00711. The summed E-state index contributed by atoms with van der Waals surface area (Å²) in [7, 11) is 0. The lowest BCUT2D eigenvalue weighted by Crippen LogP contribution is -2.43. The van der Waals surface area contributed by atoms with Crippen LogP contribution in [-0.4, -0.2) is 40.0 Å². The summed E-state index contributed by atoms with van der Waals surface area (Å²) in [6.45, 7) is 3.14. The van der Waals surface area contributed by atoms with E-state index in [-0.39, 0.29) is 17.7 Å². The maximum absolute atomic E-state index is 12.7. The Bertz CT molecular complexity index is 977. The summed E-state index contributed by atoms with van der Waals surface area (Å²) in [6.07, 6.45) is 3.35. The summed E-state index contributed by atoms with van der Waals surface area (Å²) in [4.78, 5) is 27.2. The van der Waals surface area contributed by atoms with E-state index < -0.39 is 0 Å². The number of nitrogens with zero attached hydrogens (tertiary/aromatic N) is 2. The highest BCUT2D eigenvalue weighted by atomic mass is 16.2. The number of piperidine rings is 1. The SMILES string of the molecule is Cc1ccc(C(=O)N2CCCC(C(=O)Nc3ccc4[nH]ncc4c3)C2)cc1. The summed E-state index contributed by atoms with van der Waals surface area (Å²) >= 11 is 0. The van der Waals surface area contributed by atoms with Gasteiger partial charge in [-0.3, -0.25) is 14.7 Å². The van der Waals surface area contributed by atoms with Crippen molar-refractivity contribution < 1.29 is 9.59 Å². The molecule has 4 rings (SSSR count). The molecule has 0 spiro atoms. The van der Waals surface area contributed by atoms with E-state index in [9.17, 15) is 9.59 Å². The number of aryl methyl sites for hydroxylation is 1. The van der Waals surface area contributed by atoms with Crippen molar-refractivity contribution in [2.75, 3.05) is 18.4 Å². The summed E-state index contributed by atoms with van der Waals surface area (Å²) in [6, 6.07) is 13.2. The third-order valence-electron chi connectivity index (χ3n) is 5.09. The summed E-state index contributed by atoms with van der Waals surface area (Å²) in [5, 5.41) is 10.8. The molecular formula is C21H22N4O2. The van der Waals surface area contributed by atoms with Gasteiger partial charge in [-0.2, -0.15) is 5.10 Å². The molecule has 1 fully saturated rings. The Balaban J connectivity index is 1.43. The lowest BCUT2D eigenvalue weighted by molar-refractivity contribution is -0.121. The molecule has 1 aliphatic heterocycles. The van der Waals surface area contributed by atoms with Gasteiger partial charge in [0.15, 0.2) is 0 Å². The monoisotopic (exact) mass is 362 g/mol. The smallest absolute Gasteiger partial charge is 0.253 e. The van der Waals surface area contributed by atoms with E-state index >= 15 is 0 Å². The van der Waals surface area contributed by atoms with Crippen LogP contribution in [0.15, 0.2) is 48.7 Å². The number of anilines is 1. The molecule has 1 atom stereocenters. The number of H-pyrrole nitrogens is 1. The number of carbonyl (C=O) groups is 2. The van der Waals surface area contributed by atoms with Crippen molar-refractivity contribution in [3.05, 3.63) is 59.8 Å². The Labute approximate surface area is 157 Å². The number of hydrogen-bond donors (Lipinski definition) is 2. The molecule has 2 N–H and O–H groups in total. The number of aromatic nitrogens is 2. The molecule has 3 aromatic rings. The normalized spacial score (nSPS) is 17.1. The molecule has 1 saturated heterocycles. The molecule has 0 bridgehead atoms. The van der Waals surface area contributed by atoms with Gasteiger partial charge in [-0.05, 0) is 50.1 Å². The molecule has 0 saturated carbocycles. The second-order valence-electron chi connectivity index (χ2n) is 7.12. The number of rotatable bonds is 3. The highest BCUT2D eigenvalue weighted by molar-refractivity contribution is 5.97. The topological polar surface area (TPSA) is 78.1 Å². The second kappa shape index (κ2) is 7.23. The summed E-state index contributed by atoms with van der Waals surface area (Å²) in [5.41, 5.74) is 3.47. The van der Waals surface area contributed by atoms with Gasteiger partial charge in [-0.25, -0.2) is 0 Å². The van der Waals surface area contributed by atoms with E-state index in [2.05, 4.69) is 15.5 Å². The molecule has 1 unspecified atom stereocenters. The molecular weight excluding hydrogens is 340 g/mol. The van der Waals surface area contributed by atoms with Crippen molar-refractivity contribution in [1.82, 2.24) is 15.1 Å². The molecule has 6 heteroatoms. The number of fused-ring (bicyclic) bond motifs is 1. The largest absolute Gasteiger partial charge is 0.338 e. The van der Waals surface area contributed by atoms with Crippen molar-refractivity contribution in [2.45, 2.75) is 19.8 Å². The third-order valence-corrected chi connectivity index (χ3v) is 5.09. The molecule has 2 amide bonds. The van der Waals surface area contributed by atoms with Gasteiger partial charge in [0, 0.05) is 29.7 Å². The number of likely N-dealkylation sites (tertiary alicyclic amines) is 1. The van der Waals surface area contributed by atoms with E-state index in [0.717, 1.165) is 35.0 Å². The Morgan fingerprint density at radius 2 is 2.00 bits per heavy atom. The van der Waals surface area contributed by atoms with E-state index in [1.165, 1.54) is 0 Å². The summed E-state index contributed by atoms with van der Waals surface area (Å²) in [5.74, 6) is -0.250. The van der Waals surface area contributed by atoms with E-state index in [1.807, 2.05) is 49.4 Å². The van der Waals surface area contributed by atoms with Crippen molar-refractivity contribution in [3.8, 4) is 0 Å². The molecule has 2 heterocycles. The zero-order valence-corrected chi connectivity index (χ0v) is 15.2. The molecule has 138 valence electrons. The number of nitrogens with one attached hydrogen (secondary N) is 2. The van der Waals surface area contributed by atoms with E-state index in [4.69, 9.17) is 0 Å². The second-order valence-corrected chi connectivity index (χ2v) is 7.12. The average molecular weight is 362 g/mol. The van der Waals surface area contributed by atoms with Gasteiger partial charge in [0.1, 0.15) is 0 Å². The van der Waals surface area contributed by atoms with Crippen LogP contribution in [0.2, 0.25) is 0 Å². The Morgan fingerprint density at radius 1 is 1.19 bits per heavy atom. The average Bonchev–Trinajstić information content (AvgIpc) is 3.16. The first kappa shape index (κ1) is 17.3. The molecule has 0 aliphatic carbocycles. The molecule has 1 aliphatic rings.